The molecule has 20 heavy (non-hydrogen) atoms. The molecular weight excluding hydrogens is 256 g/mol. The van der Waals surface area contributed by atoms with Crippen LogP contribution in [0.3, 0.4) is 0 Å². The van der Waals surface area contributed by atoms with Gasteiger partial charge in [0.1, 0.15) is 11.8 Å². The van der Waals surface area contributed by atoms with Crippen LogP contribution in [0.25, 0.3) is 0 Å². The molecule has 0 radical (unpaired) electrons. The number of aliphatic carboxylic acids is 1. The molecule has 0 amide bonds. The van der Waals surface area contributed by atoms with E-state index in [1.54, 1.807) is 0 Å². The summed E-state index contributed by atoms with van der Waals surface area (Å²) in [5.41, 5.74) is 6.95. The lowest BCUT2D eigenvalue weighted by molar-refractivity contribution is -0.140. The summed E-state index contributed by atoms with van der Waals surface area (Å²) in [6.45, 7) is 4.80. The molecule has 0 bridgehead atoms. The number of rotatable bonds is 6. The highest BCUT2D eigenvalue weighted by Gasteiger charge is 2.37. The van der Waals surface area contributed by atoms with Gasteiger partial charge in [0.05, 0.1) is 12.6 Å². The van der Waals surface area contributed by atoms with E-state index in [1.165, 1.54) is 0 Å². The fourth-order valence-corrected chi connectivity index (χ4v) is 2.41. The SMILES string of the molecule is CCCCOc1ccc(C2NNC(C(=O)O)C2C)cc1. The Bertz CT molecular complexity index is 447. The summed E-state index contributed by atoms with van der Waals surface area (Å²) in [4.78, 5) is 11.1. The lowest BCUT2D eigenvalue weighted by Gasteiger charge is -2.17. The van der Waals surface area contributed by atoms with Crippen molar-refractivity contribution in [1.82, 2.24) is 10.9 Å². The van der Waals surface area contributed by atoms with Crippen LogP contribution in [0.15, 0.2) is 24.3 Å². The van der Waals surface area contributed by atoms with Gasteiger partial charge in [0.25, 0.3) is 0 Å². The van der Waals surface area contributed by atoms with E-state index >= 15 is 0 Å². The van der Waals surface area contributed by atoms with E-state index < -0.39 is 12.0 Å². The maximum Gasteiger partial charge on any atom is 0.322 e. The number of ether oxygens (including phenoxy) is 1. The maximum absolute atomic E-state index is 11.1. The normalized spacial score (nSPS) is 25.6. The van der Waals surface area contributed by atoms with Gasteiger partial charge < -0.3 is 9.84 Å². The van der Waals surface area contributed by atoms with Gasteiger partial charge in [-0.15, -0.1) is 0 Å². The highest BCUT2D eigenvalue weighted by atomic mass is 16.5. The van der Waals surface area contributed by atoms with Crippen molar-refractivity contribution >= 4 is 5.97 Å². The van der Waals surface area contributed by atoms with Crippen molar-refractivity contribution in [2.75, 3.05) is 6.61 Å². The molecule has 110 valence electrons. The zero-order valence-electron chi connectivity index (χ0n) is 11.9. The Morgan fingerprint density at radius 1 is 1.30 bits per heavy atom. The molecule has 1 fully saturated rings. The summed E-state index contributed by atoms with van der Waals surface area (Å²) in [6.07, 6.45) is 2.16. The third kappa shape index (κ3) is 3.29. The lowest BCUT2D eigenvalue weighted by atomic mass is 9.91. The smallest absolute Gasteiger partial charge is 0.322 e. The first-order chi connectivity index (χ1) is 9.63. The van der Waals surface area contributed by atoms with Crippen LogP contribution in [0.1, 0.15) is 38.3 Å². The minimum absolute atomic E-state index is 0.000733. The molecular formula is C15H22N2O3. The molecule has 0 spiro atoms. The molecule has 3 unspecified atom stereocenters. The van der Waals surface area contributed by atoms with Gasteiger partial charge in [-0.05, 0) is 24.1 Å². The maximum atomic E-state index is 11.1. The number of hydrogen-bond acceptors (Lipinski definition) is 4. The topological polar surface area (TPSA) is 70.6 Å². The van der Waals surface area contributed by atoms with E-state index in [-0.39, 0.29) is 12.0 Å². The highest BCUT2D eigenvalue weighted by molar-refractivity contribution is 5.74. The summed E-state index contributed by atoms with van der Waals surface area (Å²) in [7, 11) is 0. The number of nitrogens with one attached hydrogen (secondary N) is 2. The molecule has 2 rings (SSSR count). The van der Waals surface area contributed by atoms with E-state index in [4.69, 9.17) is 9.84 Å². The standard InChI is InChI=1S/C15H22N2O3/c1-3-4-9-20-12-7-5-11(6-8-12)13-10(2)14(15(18)19)17-16-13/h5-8,10,13-14,16-17H,3-4,9H2,1-2H3,(H,18,19). The summed E-state index contributed by atoms with van der Waals surface area (Å²) in [5.74, 6) is 0.0157. The number of carboxylic acid groups (broad SMARTS) is 1. The molecule has 1 saturated heterocycles. The van der Waals surface area contributed by atoms with E-state index in [9.17, 15) is 4.79 Å². The van der Waals surface area contributed by atoms with Crippen LogP contribution in [-0.4, -0.2) is 23.7 Å². The zero-order valence-corrected chi connectivity index (χ0v) is 11.9. The van der Waals surface area contributed by atoms with Gasteiger partial charge in [0.15, 0.2) is 0 Å². The molecule has 1 aliphatic rings. The predicted molar refractivity (Wildman–Crippen MR) is 76.4 cm³/mol. The molecule has 0 aromatic heterocycles. The summed E-state index contributed by atoms with van der Waals surface area (Å²) >= 11 is 0. The monoisotopic (exact) mass is 278 g/mol. The zero-order chi connectivity index (χ0) is 14.5. The van der Waals surface area contributed by atoms with Crippen molar-refractivity contribution in [2.45, 2.75) is 38.8 Å². The van der Waals surface area contributed by atoms with E-state index in [0.717, 1.165) is 30.8 Å². The lowest BCUT2D eigenvalue weighted by Crippen LogP contribution is -2.37. The van der Waals surface area contributed by atoms with Crippen molar-refractivity contribution in [3.05, 3.63) is 29.8 Å². The summed E-state index contributed by atoms with van der Waals surface area (Å²) in [5, 5.41) is 9.09. The Morgan fingerprint density at radius 3 is 2.55 bits per heavy atom. The largest absolute Gasteiger partial charge is 0.494 e. The van der Waals surface area contributed by atoms with Crippen molar-refractivity contribution < 1.29 is 14.6 Å². The molecule has 1 aromatic carbocycles. The highest BCUT2D eigenvalue weighted by Crippen LogP contribution is 2.29. The minimum Gasteiger partial charge on any atom is -0.494 e. The van der Waals surface area contributed by atoms with Crippen LogP contribution in [0.5, 0.6) is 5.75 Å². The second kappa shape index (κ2) is 6.72. The van der Waals surface area contributed by atoms with Gasteiger partial charge in [-0.25, -0.2) is 10.9 Å². The van der Waals surface area contributed by atoms with Crippen LogP contribution in [0, 0.1) is 5.92 Å². The second-order valence-electron chi connectivity index (χ2n) is 5.21. The molecule has 5 nitrogen and oxygen atoms in total. The van der Waals surface area contributed by atoms with Gasteiger partial charge in [-0.2, -0.15) is 0 Å². The van der Waals surface area contributed by atoms with Crippen molar-refractivity contribution in [3.63, 3.8) is 0 Å². The molecule has 1 aliphatic heterocycles. The van der Waals surface area contributed by atoms with Crippen molar-refractivity contribution in [1.29, 1.82) is 0 Å². The average molecular weight is 278 g/mol. The third-order valence-electron chi connectivity index (χ3n) is 3.72. The summed E-state index contributed by atoms with van der Waals surface area (Å²) < 4.78 is 5.62. The molecule has 0 saturated carbocycles. The predicted octanol–water partition coefficient (Wildman–Crippen LogP) is 2.10. The Morgan fingerprint density at radius 2 is 2.00 bits per heavy atom. The Hall–Kier alpha value is -1.59. The Labute approximate surface area is 119 Å². The molecule has 5 heteroatoms. The number of unbranched alkanes of at least 4 members (excludes halogenated alkanes) is 1. The van der Waals surface area contributed by atoms with Crippen molar-refractivity contribution in [3.8, 4) is 5.75 Å². The molecule has 3 N–H and O–H groups in total. The van der Waals surface area contributed by atoms with Gasteiger partial charge in [-0.3, -0.25) is 4.79 Å². The Balaban J connectivity index is 1.98. The first-order valence-corrected chi connectivity index (χ1v) is 7.10. The quantitative estimate of drug-likeness (QED) is 0.695. The number of hydrazine groups is 1. The minimum atomic E-state index is -0.827. The van der Waals surface area contributed by atoms with Crippen LogP contribution in [-0.2, 0) is 4.79 Å². The molecule has 1 aromatic rings. The van der Waals surface area contributed by atoms with Crippen LogP contribution in [0.2, 0.25) is 0 Å². The van der Waals surface area contributed by atoms with Crippen molar-refractivity contribution in [2.24, 2.45) is 5.92 Å². The number of carbonyl (C=O) groups is 1. The molecule has 1 heterocycles. The number of benzene rings is 1. The number of carboxylic acids is 1. The first-order valence-electron chi connectivity index (χ1n) is 7.10. The van der Waals surface area contributed by atoms with E-state index in [1.807, 2.05) is 31.2 Å². The van der Waals surface area contributed by atoms with E-state index in [0.29, 0.717) is 0 Å². The molecule has 3 atom stereocenters. The van der Waals surface area contributed by atoms with Gasteiger partial charge >= 0.3 is 5.97 Å². The third-order valence-corrected chi connectivity index (χ3v) is 3.72. The molecule has 0 aliphatic carbocycles. The fourth-order valence-electron chi connectivity index (χ4n) is 2.41. The number of hydrogen-bond donors (Lipinski definition) is 3. The van der Waals surface area contributed by atoms with Gasteiger partial charge in [0.2, 0.25) is 0 Å². The van der Waals surface area contributed by atoms with Crippen LogP contribution < -0.4 is 15.6 Å². The average Bonchev–Trinajstić information content (AvgIpc) is 2.82. The van der Waals surface area contributed by atoms with Gasteiger partial charge in [0, 0.05) is 5.92 Å². The first kappa shape index (κ1) is 14.8. The van der Waals surface area contributed by atoms with Gasteiger partial charge in [-0.1, -0.05) is 32.4 Å². The van der Waals surface area contributed by atoms with Crippen LogP contribution >= 0.6 is 0 Å². The van der Waals surface area contributed by atoms with E-state index in [2.05, 4.69) is 17.8 Å². The van der Waals surface area contributed by atoms with Crippen LogP contribution in [0.4, 0.5) is 0 Å². The summed E-state index contributed by atoms with van der Waals surface area (Å²) in [6, 6.07) is 7.30. The fraction of sp³-hybridized carbons (Fsp3) is 0.533. The Kier molecular flexibility index (Phi) is 4.98. The second-order valence-corrected chi connectivity index (χ2v) is 5.21.